The molecule has 1 heterocycles. The molecule has 0 saturated carbocycles. The summed E-state index contributed by atoms with van der Waals surface area (Å²) in [6.07, 6.45) is 0.940. The summed E-state index contributed by atoms with van der Waals surface area (Å²) in [4.78, 5) is 0. The summed E-state index contributed by atoms with van der Waals surface area (Å²) in [7, 11) is 0. The number of hydrogen-bond donors (Lipinski definition) is 1. The van der Waals surface area contributed by atoms with Crippen LogP contribution in [0.4, 0.5) is 0 Å². The van der Waals surface area contributed by atoms with Gasteiger partial charge in [-0.2, -0.15) is 0 Å². The molecule has 1 aliphatic carbocycles. The van der Waals surface area contributed by atoms with E-state index in [4.69, 9.17) is 10.3 Å². The maximum absolute atomic E-state index is 5.70. The molecule has 2 aromatic rings. The third-order valence-electron chi connectivity index (χ3n) is 3.58. The van der Waals surface area contributed by atoms with Crippen molar-refractivity contribution in [2.75, 3.05) is 0 Å². The molecule has 0 bridgehead atoms. The number of rotatable bonds is 1. The molecule has 0 unspecified atom stereocenters. The highest BCUT2D eigenvalue weighted by Crippen LogP contribution is 2.43. The molecule has 0 aliphatic heterocycles. The fourth-order valence-corrected chi connectivity index (χ4v) is 2.70. The first-order valence-corrected chi connectivity index (χ1v) is 5.91. The lowest BCUT2D eigenvalue weighted by atomic mass is 9.72. The summed E-state index contributed by atoms with van der Waals surface area (Å²) >= 11 is 0. The van der Waals surface area contributed by atoms with E-state index < -0.39 is 0 Å². The molecule has 0 atom stereocenters. The molecule has 1 aromatic heterocycles. The summed E-state index contributed by atoms with van der Waals surface area (Å²) < 4.78 is 5.47. The van der Waals surface area contributed by atoms with Crippen LogP contribution >= 0.6 is 0 Å². The zero-order valence-corrected chi connectivity index (χ0v) is 10.2. The van der Waals surface area contributed by atoms with E-state index >= 15 is 0 Å². The summed E-state index contributed by atoms with van der Waals surface area (Å²) in [5.74, 6) is 0.903. The van der Waals surface area contributed by atoms with E-state index in [9.17, 15) is 0 Å². The Morgan fingerprint density at radius 3 is 2.88 bits per heavy atom. The van der Waals surface area contributed by atoms with E-state index in [1.54, 1.807) is 0 Å². The van der Waals surface area contributed by atoms with E-state index in [2.05, 4.69) is 37.2 Å². The van der Waals surface area contributed by atoms with Crippen LogP contribution in [0.5, 0.6) is 0 Å². The van der Waals surface area contributed by atoms with Gasteiger partial charge < -0.3 is 10.3 Å². The summed E-state index contributed by atoms with van der Waals surface area (Å²) in [6, 6.07) is 8.38. The van der Waals surface area contributed by atoms with Crippen LogP contribution in [0.1, 0.15) is 30.7 Å². The molecule has 88 valence electrons. The number of nitrogens with zero attached hydrogens (tertiary/aromatic N) is 1. The van der Waals surface area contributed by atoms with E-state index in [0.717, 1.165) is 23.4 Å². The van der Waals surface area contributed by atoms with Crippen molar-refractivity contribution in [1.82, 2.24) is 5.16 Å². The Bertz CT molecular complexity index is 569. The predicted molar refractivity (Wildman–Crippen MR) is 66.6 cm³/mol. The second-order valence-corrected chi connectivity index (χ2v) is 5.25. The van der Waals surface area contributed by atoms with Crippen LogP contribution in [0.25, 0.3) is 11.3 Å². The van der Waals surface area contributed by atoms with Gasteiger partial charge in [-0.25, -0.2) is 0 Å². The molecule has 1 aromatic carbocycles. The van der Waals surface area contributed by atoms with Gasteiger partial charge in [0.05, 0.1) is 0 Å². The highest BCUT2D eigenvalue weighted by Gasteiger charge is 2.34. The Morgan fingerprint density at radius 1 is 1.35 bits per heavy atom. The zero-order chi connectivity index (χ0) is 12.0. The third kappa shape index (κ3) is 1.42. The Balaban J connectivity index is 2.29. The number of aromatic nitrogens is 1. The first-order valence-electron chi connectivity index (χ1n) is 5.91. The largest absolute Gasteiger partial charge is 0.356 e. The minimum absolute atomic E-state index is 0.110. The van der Waals surface area contributed by atoms with Crippen molar-refractivity contribution in [2.24, 2.45) is 5.73 Å². The highest BCUT2D eigenvalue weighted by molar-refractivity contribution is 5.70. The molecule has 17 heavy (non-hydrogen) atoms. The fourth-order valence-electron chi connectivity index (χ4n) is 2.70. The number of nitrogens with two attached hydrogens (primary N) is 1. The van der Waals surface area contributed by atoms with Gasteiger partial charge in [-0.1, -0.05) is 43.3 Å². The van der Waals surface area contributed by atoms with Crippen molar-refractivity contribution in [3.8, 4) is 11.3 Å². The maximum Gasteiger partial charge on any atom is 0.170 e. The Labute approximate surface area is 101 Å². The van der Waals surface area contributed by atoms with E-state index in [1.807, 2.05) is 6.07 Å². The molecular formula is C14H16N2O. The molecule has 0 amide bonds. The average molecular weight is 228 g/mol. The average Bonchev–Trinajstić information content (AvgIpc) is 2.71. The van der Waals surface area contributed by atoms with E-state index in [1.165, 1.54) is 11.1 Å². The highest BCUT2D eigenvalue weighted by atomic mass is 16.5. The van der Waals surface area contributed by atoms with E-state index in [0.29, 0.717) is 6.54 Å². The van der Waals surface area contributed by atoms with Gasteiger partial charge in [-0.3, -0.25) is 0 Å². The molecule has 2 N–H and O–H groups in total. The lowest BCUT2D eigenvalue weighted by molar-refractivity contribution is 0.418. The van der Waals surface area contributed by atoms with Crippen molar-refractivity contribution in [1.29, 1.82) is 0 Å². The normalized spacial score (nSPS) is 16.4. The van der Waals surface area contributed by atoms with Gasteiger partial charge in [0.2, 0.25) is 0 Å². The Hall–Kier alpha value is -1.61. The molecule has 3 nitrogen and oxygen atoms in total. The number of hydrogen-bond acceptors (Lipinski definition) is 3. The first kappa shape index (κ1) is 10.5. The van der Waals surface area contributed by atoms with Crippen LogP contribution in [-0.2, 0) is 18.4 Å². The van der Waals surface area contributed by atoms with Gasteiger partial charge in [0.1, 0.15) is 5.69 Å². The van der Waals surface area contributed by atoms with Crippen LogP contribution in [0.3, 0.4) is 0 Å². The SMILES string of the molecule is CC1(C)Cc2c(CN)noc2-c2ccccc21. The van der Waals surface area contributed by atoms with Crippen molar-refractivity contribution < 1.29 is 4.52 Å². The standard InChI is InChI=1S/C14H16N2O/c1-14(2)7-10-12(8-15)16-17-13(10)9-5-3-4-6-11(9)14/h3-6H,7-8,15H2,1-2H3. The van der Waals surface area contributed by atoms with Crippen molar-refractivity contribution in [3.63, 3.8) is 0 Å². The van der Waals surface area contributed by atoms with Gasteiger partial charge in [0, 0.05) is 17.7 Å². The predicted octanol–water partition coefficient (Wildman–Crippen LogP) is 2.63. The molecule has 3 heteroatoms. The molecule has 3 rings (SSSR count). The molecule has 0 saturated heterocycles. The quantitative estimate of drug-likeness (QED) is 0.816. The smallest absolute Gasteiger partial charge is 0.170 e. The zero-order valence-electron chi connectivity index (χ0n) is 10.2. The first-order chi connectivity index (χ1) is 8.13. The Kier molecular flexibility index (Phi) is 2.13. The Morgan fingerprint density at radius 2 is 2.12 bits per heavy atom. The molecule has 0 fully saturated rings. The second-order valence-electron chi connectivity index (χ2n) is 5.25. The summed E-state index contributed by atoms with van der Waals surface area (Å²) in [5.41, 5.74) is 10.4. The van der Waals surface area contributed by atoms with Gasteiger partial charge in [0.15, 0.2) is 5.76 Å². The van der Waals surface area contributed by atoms with Crippen molar-refractivity contribution in [2.45, 2.75) is 32.2 Å². The monoisotopic (exact) mass is 228 g/mol. The summed E-state index contributed by atoms with van der Waals surface area (Å²) in [5, 5.41) is 4.08. The fraction of sp³-hybridized carbons (Fsp3) is 0.357. The second kappa shape index (κ2) is 3.44. The van der Waals surface area contributed by atoms with Crippen molar-refractivity contribution in [3.05, 3.63) is 41.1 Å². The summed E-state index contributed by atoms with van der Waals surface area (Å²) in [6.45, 7) is 4.95. The van der Waals surface area contributed by atoms with Gasteiger partial charge >= 0.3 is 0 Å². The lowest BCUT2D eigenvalue weighted by Gasteiger charge is -2.31. The molecular weight excluding hydrogens is 212 g/mol. The van der Waals surface area contributed by atoms with Crippen LogP contribution in [0.2, 0.25) is 0 Å². The maximum atomic E-state index is 5.70. The van der Waals surface area contributed by atoms with Crippen LogP contribution in [-0.4, -0.2) is 5.16 Å². The lowest BCUT2D eigenvalue weighted by Crippen LogP contribution is -2.25. The molecule has 1 aliphatic rings. The van der Waals surface area contributed by atoms with E-state index in [-0.39, 0.29) is 5.41 Å². The van der Waals surface area contributed by atoms with Gasteiger partial charge in [0.25, 0.3) is 0 Å². The third-order valence-corrected chi connectivity index (χ3v) is 3.58. The minimum atomic E-state index is 0.110. The van der Waals surface area contributed by atoms with Gasteiger partial charge in [-0.15, -0.1) is 0 Å². The van der Waals surface area contributed by atoms with Crippen LogP contribution in [0, 0.1) is 0 Å². The number of fused-ring (bicyclic) bond motifs is 3. The molecule has 0 spiro atoms. The topological polar surface area (TPSA) is 52.0 Å². The van der Waals surface area contributed by atoms with Crippen LogP contribution in [0.15, 0.2) is 28.8 Å². The van der Waals surface area contributed by atoms with Crippen molar-refractivity contribution >= 4 is 0 Å². The minimum Gasteiger partial charge on any atom is -0.356 e. The van der Waals surface area contributed by atoms with Gasteiger partial charge in [-0.05, 0) is 17.4 Å². The van der Waals surface area contributed by atoms with Crippen LogP contribution < -0.4 is 5.73 Å². The molecule has 0 radical (unpaired) electrons. The number of benzene rings is 1.